The lowest BCUT2D eigenvalue weighted by Crippen LogP contribution is -2.46. The first-order valence-corrected chi connectivity index (χ1v) is 8.24. The molecule has 3 N–H and O–H groups in total. The van der Waals surface area contributed by atoms with Crippen LogP contribution in [0.15, 0.2) is 6.33 Å². The lowest BCUT2D eigenvalue weighted by atomic mass is 9.68. The smallest absolute Gasteiger partial charge is 0.134 e. The first-order valence-electron chi connectivity index (χ1n) is 8.24. The van der Waals surface area contributed by atoms with E-state index in [9.17, 15) is 0 Å². The number of nitrogens with two attached hydrogens (primary N) is 1. The second-order valence-electron chi connectivity index (χ2n) is 7.83. The number of hydrogen-bond donors (Lipinski definition) is 2. The maximum Gasteiger partial charge on any atom is 0.134 e. The van der Waals surface area contributed by atoms with Gasteiger partial charge in [0, 0.05) is 11.6 Å². The van der Waals surface area contributed by atoms with E-state index in [1.54, 1.807) is 6.33 Å². The van der Waals surface area contributed by atoms with Crippen LogP contribution in [0.5, 0.6) is 0 Å². The molecule has 0 spiro atoms. The summed E-state index contributed by atoms with van der Waals surface area (Å²) in [6.07, 6.45) is 7.60. The molecule has 1 heterocycles. The van der Waals surface area contributed by atoms with E-state index in [1.165, 1.54) is 19.3 Å². The fourth-order valence-electron chi connectivity index (χ4n) is 4.85. The monoisotopic (exact) mass is 288 g/mol. The molecule has 0 aromatic carbocycles. The lowest BCUT2D eigenvalue weighted by molar-refractivity contribution is 0.155. The van der Waals surface area contributed by atoms with Crippen LogP contribution in [0.25, 0.3) is 0 Å². The van der Waals surface area contributed by atoms with Gasteiger partial charge in [-0.05, 0) is 42.4 Å². The van der Waals surface area contributed by atoms with E-state index in [-0.39, 0.29) is 0 Å². The summed E-state index contributed by atoms with van der Waals surface area (Å²) < 4.78 is 0. The Balaban J connectivity index is 1.92. The summed E-state index contributed by atoms with van der Waals surface area (Å²) in [5, 5.41) is 3.77. The minimum atomic E-state index is 0.316. The van der Waals surface area contributed by atoms with Crippen molar-refractivity contribution in [1.82, 2.24) is 9.97 Å². The highest BCUT2D eigenvalue weighted by atomic mass is 15.1. The van der Waals surface area contributed by atoms with Crippen LogP contribution >= 0.6 is 0 Å². The number of aromatic nitrogens is 2. The fraction of sp³-hybridized carbons (Fsp3) is 0.765. The van der Waals surface area contributed by atoms with Gasteiger partial charge >= 0.3 is 0 Å². The summed E-state index contributed by atoms with van der Waals surface area (Å²) in [6.45, 7) is 9.41. The summed E-state index contributed by atoms with van der Waals surface area (Å²) in [5.74, 6) is 2.41. The highest BCUT2D eigenvalue weighted by molar-refractivity contribution is 5.56. The summed E-state index contributed by atoms with van der Waals surface area (Å²) in [4.78, 5) is 8.66. The molecule has 116 valence electrons. The van der Waals surface area contributed by atoms with E-state index >= 15 is 0 Å². The SMILES string of the molecule is CCCc1c(N)ncnc1NC1C2(C)CCC(C2)C1(C)C. The van der Waals surface area contributed by atoms with Crippen LogP contribution < -0.4 is 11.1 Å². The Bertz CT molecular complexity index is 535. The fourth-order valence-corrected chi connectivity index (χ4v) is 4.85. The molecule has 3 atom stereocenters. The molecular formula is C17H28N4. The molecule has 2 saturated carbocycles. The maximum absolute atomic E-state index is 6.07. The zero-order valence-corrected chi connectivity index (χ0v) is 13.7. The van der Waals surface area contributed by atoms with Crippen molar-refractivity contribution in [2.75, 3.05) is 11.1 Å². The molecule has 1 aromatic rings. The van der Waals surface area contributed by atoms with Gasteiger partial charge in [0.1, 0.15) is 18.0 Å². The normalized spacial score (nSPS) is 33.3. The molecule has 3 unspecified atom stereocenters. The molecule has 2 bridgehead atoms. The van der Waals surface area contributed by atoms with Crippen molar-refractivity contribution in [2.45, 2.75) is 65.8 Å². The van der Waals surface area contributed by atoms with Gasteiger partial charge in [-0.2, -0.15) is 0 Å². The van der Waals surface area contributed by atoms with Crippen LogP contribution in [-0.2, 0) is 6.42 Å². The zero-order chi connectivity index (χ0) is 15.3. The lowest BCUT2D eigenvalue weighted by Gasteiger charge is -2.43. The Kier molecular flexibility index (Phi) is 3.38. The third-order valence-electron chi connectivity index (χ3n) is 6.03. The van der Waals surface area contributed by atoms with Gasteiger partial charge < -0.3 is 11.1 Å². The molecule has 0 aliphatic heterocycles. The summed E-state index contributed by atoms with van der Waals surface area (Å²) in [7, 11) is 0. The van der Waals surface area contributed by atoms with Crippen LogP contribution in [0, 0.1) is 16.7 Å². The molecule has 4 nitrogen and oxygen atoms in total. The van der Waals surface area contributed by atoms with Crippen molar-refractivity contribution in [2.24, 2.45) is 16.7 Å². The Morgan fingerprint density at radius 1 is 1.33 bits per heavy atom. The first-order chi connectivity index (χ1) is 9.88. The van der Waals surface area contributed by atoms with E-state index in [4.69, 9.17) is 5.73 Å². The molecule has 1 aromatic heterocycles. The Labute approximate surface area is 127 Å². The van der Waals surface area contributed by atoms with Gasteiger partial charge in [0.15, 0.2) is 0 Å². The van der Waals surface area contributed by atoms with Crippen molar-refractivity contribution in [3.63, 3.8) is 0 Å². The highest BCUT2D eigenvalue weighted by Crippen LogP contribution is 2.63. The quantitative estimate of drug-likeness (QED) is 0.888. The topological polar surface area (TPSA) is 63.8 Å². The third-order valence-corrected chi connectivity index (χ3v) is 6.03. The van der Waals surface area contributed by atoms with Gasteiger partial charge in [0.2, 0.25) is 0 Å². The minimum absolute atomic E-state index is 0.316. The van der Waals surface area contributed by atoms with E-state index in [1.807, 2.05) is 0 Å². The number of nitrogen functional groups attached to an aromatic ring is 1. The number of nitrogens with one attached hydrogen (secondary N) is 1. The second kappa shape index (κ2) is 4.85. The van der Waals surface area contributed by atoms with E-state index in [0.29, 0.717) is 22.7 Å². The van der Waals surface area contributed by atoms with Gasteiger partial charge in [-0.1, -0.05) is 34.1 Å². The van der Waals surface area contributed by atoms with Gasteiger partial charge in [-0.25, -0.2) is 9.97 Å². The Hall–Kier alpha value is -1.32. The molecule has 2 aliphatic rings. The van der Waals surface area contributed by atoms with Crippen molar-refractivity contribution >= 4 is 11.6 Å². The average Bonchev–Trinajstić information content (AvgIpc) is 2.89. The van der Waals surface area contributed by atoms with Crippen molar-refractivity contribution in [3.05, 3.63) is 11.9 Å². The summed E-state index contributed by atoms with van der Waals surface area (Å²) >= 11 is 0. The van der Waals surface area contributed by atoms with Gasteiger partial charge in [0.05, 0.1) is 0 Å². The summed E-state index contributed by atoms with van der Waals surface area (Å²) in [6, 6.07) is 0.466. The molecule has 0 amide bonds. The van der Waals surface area contributed by atoms with E-state index < -0.39 is 0 Å². The molecule has 21 heavy (non-hydrogen) atoms. The predicted octanol–water partition coefficient (Wildman–Crippen LogP) is 3.64. The van der Waals surface area contributed by atoms with Crippen LogP contribution in [0.2, 0.25) is 0 Å². The number of anilines is 2. The van der Waals surface area contributed by atoms with Gasteiger partial charge in [0.25, 0.3) is 0 Å². The predicted molar refractivity (Wildman–Crippen MR) is 87.1 cm³/mol. The number of hydrogen-bond acceptors (Lipinski definition) is 4. The van der Waals surface area contributed by atoms with Crippen LogP contribution in [0.4, 0.5) is 11.6 Å². The Morgan fingerprint density at radius 2 is 2.10 bits per heavy atom. The molecule has 0 saturated heterocycles. The van der Waals surface area contributed by atoms with E-state index in [2.05, 4.69) is 43.0 Å². The van der Waals surface area contributed by atoms with Gasteiger partial charge in [-0.15, -0.1) is 0 Å². The zero-order valence-electron chi connectivity index (χ0n) is 13.7. The highest BCUT2D eigenvalue weighted by Gasteiger charge is 2.59. The Morgan fingerprint density at radius 3 is 2.71 bits per heavy atom. The van der Waals surface area contributed by atoms with Crippen molar-refractivity contribution in [3.8, 4) is 0 Å². The first kappa shape index (κ1) is 14.6. The van der Waals surface area contributed by atoms with Gasteiger partial charge in [-0.3, -0.25) is 0 Å². The number of nitrogens with zero attached hydrogens (tertiary/aromatic N) is 2. The summed E-state index contributed by atoms with van der Waals surface area (Å²) in [5.41, 5.74) is 7.85. The number of fused-ring (bicyclic) bond motifs is 2. The molecular weight excluding hydrogens is 260 g/mol. The van der Waals surface area contributed by atoms with Crippen molar-refractivity contribution in [1.29, 1.82) is 0 Å². The van der Waals surface area contributed by atoms with Crippen LogP contribution in [-0.4, -0.2) is 16.0 Å². The molecule has 0 radical (unpaired) electrons. The van der Waals surface area contributed by atoms with Crippen LogP contribution in [0.3, 0.4) is 0 Å². The molecule has 3 rings (SSSR count). The second-order valence-corrected chi connectivity index (χ2v) is 7.83. The van der Waals surface area contributed by atoms with Crippen molar-refractivity contribution < 1.29 is 0 Å². The average molecular weight is 288 g/mol. The molecule has 4 heteroatoms. The minimum Gasteiger partial charge on any atom is -0.383 e. The molecule has 2 aliphatic carbocycles. The molecule has 2 fully saturated rings. The maximum atomic E-state index is 6.07. The third kappa shape index (κ3) is 2.19. The van der Waals surface area contributed by atoms with Crippen LogP contribution in [0.1, 0.15) is 58.9 Å². The largest absolute Gasteiger partial charge is 0.383 e. The number of rotatable bonds is 4. The van der Waals surface area contributed by atoms with E-state index in [0.717, 1.165) is 30.1 Å². The standard InChI is InChI=1S/C17H28N4/c1-5-6-12-13(18)19-10-20-14(12)21-15-16(2,3)11-7-8-17(15,4)9-11/h10-11,15H,5-9H2,1-4H3,(H3,18,19,20,21).